The van der Waals surface area contributed by atoms with Gasteiger partial charge < -0.3 is 15.0 Å². The average molecular weight is 352 g/mol. The summed E-state index contributed by atoms with van der Waals surface area (Å²) in [6.45, 7) is 2.03. The quantitative estimate of drug-likeness (QED) is 0.912. The van der Waals surface area contributed by atoms with Crippen molar-refractivity contribution < 1.29 is 9.53 Å². The number of nitrogens with zero attached hydrogens (tertiary/aromatic N) is 1. The van der Waals surface area contributed by atoms with Gasteiger partial charge in [0.15, 0.2) is 0 Å². The fraction of sp³-hybridized carbons (Fsp3) is 0.500. The van der Waals surface area contributed by atoms with E-state index in [2.05, 4.69) is 29.6 Å². The number of carbonyl (C=O) groups excluding carboxylic acids is 1. The minimum atomic E-state index is -0.126. The van der Waals surface area contributed by atoms with Gasteiger partial charge in [-0.1, -0.05) is 24.3 Å². The van der Waals surface area contributed by atoms with Crippen LogP contribution in [0.2, 0.25) is 0 Å². The first-order valence-corrected chi connectivity index (χ1v) is 9.65. The number of hydrogen-bond acceptors (Lipinski definition) is 3. The zero-order valence-electron chi connectivity index (χ0n) is 15.9. The summed E-state index contributed by atoms with van der Waals surface area (Å²) in [7, 11) is 3.67. The Bertz CT molecular complexity index is 807. The third-order valence-corrected chi connectivity index (χ3v) is 6.29. The summed E-state index contributed by atoms with van der Waals surface area (Å²) in [4.78, 5) is 15.1. The maximum Gasteiger partial charge on any atom is 0.229 e. The number of benzene rings is 2. The second kappa shape index (κ2) is 6.92. The number of carbonyl (C=O) groups is 1. The Morgan fingerprint density at radius 3 is 2.46 bits per heavy atom. The SMILES string of the molecule is COc1ccc2cc(C(C)C(=O)N(C)C3CC4CCC(C3)N4)ccc2c1. The molecule has 3 unspecified atom stereocenters. The van der Waals surface area contributed by atoms with Gasteiger partial charge in [0, 0.05) is 25.2 Å². The minimum absolute atomic E-state index is 0.126. The van der Waals surface area contributed by atoms with Crippen molar-refractivity contribution in [3.63, 3.8) is 0 Å². The van der Waals surface area contributed by atoms with Crippen molar-refractivity contribution in [2.24, 2.45) is 0 Å². The Morgan fingerprint density at radius 1 is 1.12 bits per heavy atom. The molecule has 0 radical (unpaired) electrons. The predicted octanol–water partition coefficient (Wildman–Crippen LogP) is 3.69. The highest BCUT2D eigenvalue weighted by Crippen LogP contribution is 2.31. The Morgan fingerprint density at radius 2 is 1.77 bits per heavy atom. The maximum atomic E-state index is 13.1. The average Bonchev–Trinajstić information content (AvgIpc) is 3.02. The van der Waals surface area contributed by atoms with E-state index in [0.717, 1.165) is 34.9 Å². The van der Waals surface area contributed by atoms with Crippen molar-refractivity contribution in [1.29, 1.82) is 0 Å². The van der Waals surface area contributed by atoms with Gasteiger partial charge in [-0.25, -0.2) is 0 Å². The van der Waals surface area contributed by atoms with Crippen LogP contribution in [-0.2, 0) is 4.79 Å². The molecule has 1 N–H and O–H groups in total. The minimum Gasteiger partial charge on any atom is -0.497 e. The van der Waals surface area contributed by atoms with Crippen LogP contribution < -0.4 is 10.1 Å². The molecular formula is C22H28N2O2. The number of likely N-dealkylation sites (N-methyl/N-ethyl adjacent to an activating group) is 1. The van der Waals surface area contributed by atoms with Crippen LogP contribution in [-0.4, -0.2) is 43.1 Å². The summed E-state index contributed by atoms with van der Waals surface area (Å²) in [6.07, 6.45) is 4.69. The molecule has 2 aromatic carbocycles. The first kappa shape index (κ1) is 17.3. The molecule has 2 bridgehead atoms. The fourth-order valence-electron chi connectivity index (χ4n) is 4.61. The highest BCUT2D eigenvalue weighted by molar-refractivity contribution is 5.88. The lowest BCUT2D eigenvalue weighted by molar-refractivity contribution is -0.133. The van der Waals surface area contributed by atoms with E-state index in [1.807, 2.05) is 31.0 Å². The standard InChI is InChI=1S/C22H28N2O2/c1-14(15-4-5-17-11-21(26-3)9-6-16(17)10-15)22(25)24(2)20-12-18-7-8-19(13-20)23-18/h4-6,9-11,14,18-20,23H,7-8,12-13H2,1-3H3. The lowest BCUT2D eigenvalue weighted by atomic mass is 9.93. The summed E-state index contributed by atoms with van der Waals surface area (Å²) in [6, 6.07) is 13.9. The van der Waals surface area contributed by atoms with Crippen molar-refractivity contribution in [1.82, 2.24) is 10.2 Å². The highest BCUT2D eigenvalue weighted by atomic mass is 16.5. The van der Waals surface area contributed by atoms with Gasteiger partial charge in [0.2, 0.25) is 5.91 Å². The van der Waals surface area contributed by atoms with Crippen molar-refractivity contribution in [2.45, 2.75) is 56.7 Å². The molecule has 2 aromatic rings. The monoisotopic (exact) mass is 352 g/mol. The second-order valence-electron chi connectivity index (χ2n) is 7.91. The number of hydrogen-bond donors (Lipinski definition) is 1. The summed E-state index contributed by atoms with van der Waals surface area (Å²) in [5.74, 6) is 0.956. The topological polar surface area (TPSA) is 41.6 Å². The van der Waals surface area contributed by atoms with E-state index in [-0.39, 0.29) is 11.8 Å². The number of methoxy groups -OCH3 is 1. The van der Waals surface area contributed by atoms with Crippen LogP contribution in [0.1, 0.15) is 44.1 Å². The van der Waals surface area contributed by atoms with Crippen molar-refractivity contribution in [2.75, 3.05) is 14.2 Å². The molecule has 2 heterocycles. The van der Waals surface area contributed by atoms with E-state index in [0.29, 0.717) is 18.1 Å². The molecule has 26 heavy (non-hydrogen) atoms. The number of nitrogens with one attached hydrogen (secondary N) is 1. The zero-order valence-corrected chi connectivity index (χ0v) is 15.9. The van der Waals surface area contributed by atoms with Crippen molar-refractivity contribution in [3.8, 4) is 5.75 Å². The Hall–Kier alpha value is -2.07. The van der Waals surface area contributed by atoms with Gasteiger partial charge in [-0.2, -0.15) is 0 Å². The summed E-state index contributed by atoms with van der Waals surface area (Å²) in [5, 5.41) is 5.94. The molecule has 4 nitrogen and oxygen atoms in total. The van der Waals surface area contributed by atoms with Crippen LogP contribution in [0.5, 0.6) is 5.75 Å². The molecule has 4 rings (SSSR count). The molecule has 2 saturated heterocycles. The molecule has 2 aliphatic heterocycles. The lowest BCUT2D eigenvalue weighted by Gasteiger charge is -2.36. The van der Waals surface area contributed by atoms with Crippen molar-refractivity contribution in [3.05, 3.63) is 42.0 Å². The first-order valence-electron chi connectivity index (χ1n) is 9.65. The second-order valence-corrected chi connectivity index (χ2v) is 7.91. The molecule has 138 valence electrons. The van der Waals surface area contributed by atoms with Gasteiger partial charge in [-0.05, 0) is 61.1 Å². The maximum absolute atomic E-state index is 13.1. The smallest absolute Gasteiger partial charge is 0.229 e. The Balaban J connectivity index is 1.51. The molecule has 1 amide bonds. The van der Waals surface area contributed by atoms with Crippen LogP contribution in [0.4, 0.5) is 0 Å². The summed E-state index contributed by atoms with van der Waals surface area (Å²) >= 11 is 0. The Labute approximate surface area is 155 Å². The molecule has 0 aliphatic carbocycles. The van der Waals surface area contributed by atoms with E-state index in [1.54, 1.807) is 7.11 Å². The predicted molar refractivity (Wildman–Crippen MR) is 105 cm³/mol. The van der Waals surface area contributed by atoms with Gasteiger partial charge in [-0.3, -0.25) is 4.79 Å². The normalized spacial score (nSPS) is 25.9. The largest absolute Gasteiger partial charge is 0.497 e. The lowest BCUT2D eigenvalue weighted by Crippen LogP contribution is -2.49. The van der Waals surface area contributed by atoms with Crippen LogP contribution >= 0.6 is 0 Å². The van der Waals surface area contributed by atoms with E-state index < -0.39 is 0 Å². The molecule has 3 atom stereocenters. The van der Waals surface area contributed by atoms with Gasteiger partial charge in [-0.15, -0.1) is 0 Å². The van der Waals surface area contributed by atoms with Crippen LogP contribution in [0.25, 0.3) is 10.8 Å². The zero-order chi connectivity index (χ0) is 18.3. The summed E-state index contributed by atoms with van der Waals surface area (Å²) in [5.41, 5.74) is 1.08. The number of fused-ring (bicyclic) bond motifs is 3. The van der Waals surface area contributed by atoms with Gasteiger partial charge in [0.05, 0.1) is 13.0 Å². The van der Waals surface area contributed by atoms with Gasteiger partial charge in [0.25, 0.3) is 0 Å². The molecule has 2 fully saturated rings. The first-order chi connectivity index (χ1) is 12.5. The Kier molecular flexibility index (Phi) is 4.62. The number of piperidine rings is 1. The molecule has 0 spiro atoms. The summed E-state index contributed by atoms with van der Waals surface area (Å²) < 4.78 is 5.29. The molecule has 2 aliphatic rings. The molecule has 4 heteroatoms. The fourth-order valence-corrected chi connectivity index (χ4v) is 4.61. The van der Waals surface area contributed by atoms with Crippen LogP contribution in [0.3, 0.4) is 0 Å². The molecule has 0 aromatic heterocycles. The third-order valence-electron chi connectivity index (χ3n) is 6.29. The van der Waals surface area contributed by atoms with Gasteiger partial charge >= 0.3 is 0 Å². The third kappa shape index (κ3) is 3.18. The van der Waals surface area contributed by atoms with E-state index in [1.165, 1.54) is 12.8 Å². The number of rotatable bonds is 4. The van der Waals surface area contributed by atoms with Crippen molar-refractivity contribution >= 4 is 16.7 Å². The van der Waals surface area contributed by atoms with Crippen LogP contribution in [0.15, 0.2) is 36.4 Å². The van der Waals surface area contributed by atoms with Crippen LogP contribution in [0, 0.1) is 0 Å². The highest BCUT2D eigenvalue weighted by Gasteiger charge is 2.37. The van der Waals surface area contributed by atoms with Gasteiger partial charge in [0.1, 0.15) is 5.75 Å². The molecular weight excluding hydrogens is 324 g/mol. The number of ether oxygens (including phenoxy) is 1. The van der Waals surface area contributed by atoms with E-state index in [9.17, 15) is 4.79 Å². The van der Waals surface area contributed by atoms with E-state index >= 15 is 0 Å². The number of amides is 1. The molecule has 0 saturated carbocycles. The van der Waals surface area contributed by atoms with E-state index in [4.69, 9.17) is 4.74 Å².